The number of anilines is 4. The van der Waals surface area contributed by atoms with Gasteiger partial charge in [0.15, 0.2) is 5.82 Å². The number of nitrogens with zero attached hydrogens (tertiary/aromatic N) is 7. The molecule has 2 aromatic carbocycles. The average Bonchev–Trinajstić information content (AvgIpc) is 3.46. The number of morpholine rings is 2. The lowest BCUT2D eigenvalue weighted by Crippen LogP contribution is -2.37. The largest absolute Gasteiger partial charge is 0.378 e. The predicted molar refractivity (Wildman–Crippen MR) is 138 cm³/mol. The molecule has 2 aliphatic rings. The van der Waals surface area contributed by atoms with Gasteiger partial charge >= 0.3 is 0 Å². The highest BCUT2D eigenvalue weighted by atomic mass is 19.1. The Kier molecular flexibility index (Phi) is 6.61. The maximum Gasteiger partial charge on any atom is 0.245 e. The van der Waals surface area contributed by atoms with E-state index in [0.717, 1.165) is 43.2 Å². The van der Waals surface area contributed by atoms with Gasteiger partial charge in [-0.15, -0.1) is 5.10 Å². The van der Waals surface area contributed by atoms with Gasteiger partial charge in [0.2, 0.25) is 11.9 Å². The minimum atomic E-state index is -0.470. The van der Waals surface area contributed by atoms with Crippen molar-refractivity contribution >= 4 is 23.3 Å². The molecule has 10 nitrogen and oxygen atoms in total. The van der Waals surface area contributed by atoms with Gasteiger partial charge in [-0.2, -0.15) is 4.98 Å². The first-order valence-corrected chi connectivity index (χ1v) is 12.3. The Morgan fingerprint density at radius 2 is 1.54 bits per heavy atom. The molecule has 2 aromatic heterocycles. The predicted octanol–water partition coefficient (Wildman–Crippen LogP) is 3.28. The highest BCUT2D eigenvalue weighted by Gasteiger charge is 2.16. The molecule has 11 heteroatoms. The maximum atomic E-state index is 14.7. The van der Waals surface area contributed by atoms with Crippen molar-refractivity contribution < 1.29 is 13.9 Å². The Morgan fingerprint density at radius 1 is 0.811 bits per heavy atom. The summed E-state index contributed by atoms with van der Waals surface area (Å²) in [6, 6.07) is 15.4. The smallest absolute Gasteiger partial charge is 0.245 e. The highest BCUT2D eigenvalue weighted by molar-refractivity contribution is 5.67. The summed E-state index contributed by atoms with van der Waals surface area (Å²) < 4.78 is 27.3. The Morgan fingerprint density at radius 3 is 2.30 bits per heavy atom. The molecular formula is C26H27FN8O2. The van der Waals surface area contributed by atoms with E-state index in [1.54, 1.807) is 11.0 Å². The third kappa shape index (κ3) is 5.23. The molecule has 4 heterocycles. The number of hydrogen-bond acceptors (Lipinski definition) is 9. The van der Waals surface area contributed by atoms with E-state index in [2.05, 4.69) is 35.2 Å². The van der Waals surface area contributed by atoms with Crippen LogP contribution >= 0.6 is 0 Å². The molecule has 6 rings (SSSR count). The first kappa shape index (κ1) is 23.3. The Hall–Kier alpha value is -4.09. The molecule has 0 amide bonds. The number of halogens is 1. The summed E-state index contributed by atoms with van der Waals surface area (Å²) in [5.41, 5.74) is 3.62. The van der Waals surface area contributed by atoms with Crippen LogP contribution in [0, 0.1) is 5.82 Å². The summed E-state index contributed by atoms with van der Waals surface area (Å²) in [5, 5.41) is 7.76. The van der Waals surface area contributed by atoms with Crippen molar-refractivity contribution in [2.24, 2.45) is 0 Å². The van der Waals surface area contributed by atoms with Crippen molar-refractivity contribution in [1.29, 1.82) is 0 Å². The molecule has 4 aromatic rings. The molecule has 0 saturated carbocycles. The molecule has 2 fully saturated rings. The van der Waals surface area contributed by atoms with Gasteiger partial charge in [-0.25, -0.2) is 19.0 Å². The van der Waals surface area contributed by atoms with Gasteiger partial charge in [-0.05, 0) is 36.4 Å². The van der Waals surface area contributed by atoms with Gasteiger partial charge in [-0.3, -0.25) is 0 Å². The summed E-state index contributed by atoms with van der Waals surface area (Å²) in [6.45, 7) is 5.91. The maximum absolute atomic E-state index is 14.7. The molecule has 190 valence electrons. The van der Waals surface area contributed by atoms with Crippen molar-refractivity contribution in [3.05, 3.63) is 66.9 Å². The summed E-state index contributed by atoms with van der Waals surface area (Å²) in [4.78, 5) is 17.4. The normalized spacial score (nSPS) is 16.1. The molecule has 0 radical (unpaired) electrons. The Bertz CT molecular complexity index is 1350. The molecule has 0 unspecified atom stereocenters. The van der Waals surface area contributed by atoms with Gasteiger partial charge in [0.1, 0.15) is 12.0 Å². The van der Waals surface area contributed by atoms with E-state index < -0.39 is 5.82 Å². The lowest BCUT2D eigenvalue weighted by atomic mass is 10.1. The van der Waals surface area contributed by atoms with Crippen LogP contribution in [0.1, 0.15) is 0 Å². The molecular weight excluding hydrogens is 475 g/mol. The minimum Gasteiger partial charge on any atom is -0.378 e. The SMILES string of the molecule is Fc1cnc(Nc2ccc(-n3cnc(N4CCOCC4)n3)cc2)nc1-c1cccc(N2CCOCC2)c1. The fraction of sp³-hybridized carbons (Fsp3) is 0.308. The van der Waals surface area contributed by atoms with Crippen molar-refractivity contribution in [3.63, 3.8) is 0 Å². The first-order valence-electron chi connectivity index (χ1n) is 12.3. The van der Waals surface area contributed by atoms with E-state index in [-0.39, 0.29) is 5.69 Å². The third-order valence-electron chi connectivity index (χ3n) is 6.40. The van der Waals surface area contributed by atoms with Crippen LogP contribution in [0.4, 0.5) is 27.7 Å². The van der Waals surface area contributed by atoms with E-state index in [9.17, 15) is 4.39 Å². The second kappa shape index (κ2) is 10.5. The van der Waals surface area contributed by atoms with E-state index in [1.807, 2.05) is 48.5 Å². The van der Waals surface area contributed by atoms with Gasteiger partial charge in [-0.1, -0.05) is 12.1 Å². The van der Waals surface area contributed by atoms with E-state index in [4.69, 9.17) is 9.47 Å². The number of nitrogens with one attached hydrogen (secondary N) is 1. The molecule has 2 aliphatic heterocycles. The summed E-state index contributed by atoms with van der Waals surface area (Å²) in [7, 11) is 0. The molecule has 1 N–H and O–H groups in total. The van der Waals surface area contributed by atoms with Gasteiger partial charge < -0.3 is 24.6 Å². The average molecular weight is 503 g/mol. The van der Waals surface area contributed by atoms with Crippen LogP contribution in [0.3, 0.4) is 0 Å². The van der Waals surface area contributed by atoms with Gasteiger partial charge in [0.05, 0.1) is 38.3 Å². The topological polar surface area (TPSA) is 93.5 Å². The highest BCUT2D eigenvalue weighted by Crippen LogP contribution is 2.27. The standard InChI is InChI=1S/C26H27FN8O2/c27-23-17-28-25(31-24(23)19-2-1-3-22(16-19)33-8-12-36-13-9-33)30-20-4-6-21(7-5-20)35-18-29-26(32-35)34-10-14-37-15-11-34/h1-7,16-18H,8-15H2,(H,28,30,31). The van der Waals surface area contributed by atoms with Gasteiger partial charge in [0.25, 0.3) is 0 Å². The van der Waals surface area contributed by atoms with Crippen LogP contribution in [0.15, 0.2) is 61.1 Å². The summed E-state index contributed by atoms with van der Waals surface area (Å²) in [6.07, 6.45) is 2.90. The van der Waals surface area contributed by atoms with E-state index >= 15 is 0 Å². The Balaban J connectivity index is 1.17. The lowest BCUT2D eigenvalue weighted by Gasteiger charge is -2.29. The van der Waals surface area contributed by atoms with Crippen LogP contribution in [-0.4, -0.2) is 77.3 Å². The molecule has 2 saturated heterocycles. The quantitative estimate of drug-likeness (QED) is 0.426. The van der Waals surface area contributed by atoms with Crippen molar-refractivity contribution in [2.75, 3.05) is 67.7 Å². The fourth-order valence-corrected chi connectivity index (χ4v) is 4.41. The van der Waals surface area contributed by atoms with Crippen molar-refractivity contribution in [1.82, 2.24) is 24.7 Å². The summed E-state index contributed by atoms with van der Waals surface area (Å²) in [5.74, 6) is 0.536. The molecule has 0 spiro atoms. The van der Waals surface area contributed by atoms with Crippen molar-refractivity contribution in [3.8, 4) is 16.9 Å². The second-order valence-electron chi connectivity index (χ2n) is 8.80. The molecule has 0 atom stereocenters. The third-order valence-corrected chi connectivity index (χ3v) is 6.40. The van der Waals surface area contributed by atoms with E-state index in [1.165, 1.54) is 6.20 Å². The van der Waals surface area contributed by atoms with Crippen LogP contribution in [0.25, 0.3) is 16.9 Å². The zero-order valence-electron chi connectivity index (χ0n) is 20.3. The van der Waals surface area contributed by atoms with E-state index in [0.29, 0.717) is 43.9 Å². The fourth-order valence-electron chi connectivity index (χ4n) is 4.41. The zero-order chi connectivity index (χ0) is 25.0. The molecule has 0 aliphatic carbocycles. The summed E-state index contributed by atoms with van der Waals surface area (Å²) >= 11 is 0. The lowest BCUT2D eigenvalue weighted by molar-refractivity contribution is 0.122. The second-order valence-corrected chi connectivity index (χ2v) is 8.80. The zero-order valence-corrected chi connectivity index (χ0v) is 20.3. The number of aromatic nitrogens is 5. The van der Waals surface area contributed by atoms with Crippen LogP contribution in [0.2, 0.25) is 0 Å². The van der Waals surface area contributed by atoms with Crippen LogP contribution < -0.4 is 15.1 Å². The van der Waals surface area contributed by atoms with Crippen LogP contribution in [-0.2, 0) is 9.47 Å². The first-order chi connectivity index (χ1) is 18.2. The number of benzene rings is 2. The number of ether oxygens (including phenoxy) is 2. The molecule has 37 heavy (non-hydrogen) atoms. The Labute approximate surface area is 213 Å². The number of hydrogen-bond donors (Lipinski definition) is 1. The van der Waals surface area contributed by atoms with Crippen LogP contribution in [0.5, 0.6) is 0 Å². The van der Waals surface area contributed by atoms with Gasteiger partial charge in [0, 0.05) is 43.1 Å². The monoisotopic (exact) mass is 502 g/mol. The minimum absolute atomic E-state index is 0.252. The van der Waals surface area contributed by atoms with Crippen molar-refractivity contribution in [2.45, 2.75) is 0 Å². The number of rotatable bonds is 6. The molecule has 0 bridgehead atoms.